The summed E-state index contributed by atoms with van der Waals surface area (Å²) in [5, 5.41) is 1.00. The van der Waals surface area contributed by atoms with Gasteiger partial charge >= 0.3 is 5.97 Å². The number of aryl methyl sites for hydroxylation is 3. The van der Waals surface area contributed by atoms with Crippen molar-refractivity contribution in [1.82, 2.24) is 9.55 Å². The molecule has 17 heavy (non-hydrogen) atoms. The van der Waals surface area contributed by atoms with Gasteiger partial charge in [-0.05, 0) is 32.4 Å². The molecule has 0 aliphatic heterocycles. The Balaban J connectivity index is 2.68. The quantitative estimate of drug-likeness (QED) is 0.747. The van der Waals surface area contributed by atoms with Crippen LogP contribution in [0.25, 0.3) is 11.0 Å². The Hall–Kier alpha value is -1.84. The lowest BCUT2D eigenvalue weighted by Gasteiger charge is -2.09. The smallest absolute Gasteiger partial charge is 0.340 e. The lowest BCUT2D eigenvalue weighted by molar-refractivity contribution is 0.0524. The fourth-order valence-electron chi connectivity index (χ4n) is 2.08. The van der Waals surface area contributed by atoms with Gasteiger partial charge in [0.15, 0.2) is 0 Å². The highest BCUT2D eigenvalue weighted by molar-refractivity contribution is 5.97. The summed E-state index contributed by atoms with van der Waals surface area (Å²) in [7, 11) is 1.94. The molecule has 0 aliphatic rings. The molecule has 2 rings (SSSR count). The number of carbonyl (C=O) groups is 1. The molecule has 0 fully saturated rings. The maximum Gasteiger partial charge on any atom is 0.340 e. The second-order valence-corrected chi connectivity index (χ2v) is 4.08. The maximum atomic E-state index is 11.9. The molecule has 0 spiro atoms. The van der Waals surface area contributed by atoms with Crippen LogP contribution >= 0.6 is 0 Å². The van der Waals surface area contributed by atoms with Gasteiger partial charge in [0.2, 0.25) is 0 Å². The molecule has 0 saturated heterocycles. The number of pyridine rings is 1. The summed E-state index contributed by atoms with van der Waals surface area (Å²) >= 11 is 0. The molecular weight excluding hydrogens is 216 g/mol. The van der Waals surface area contributed by atoms with Gasteiger partial charge in [0.05, 0.1) is 17.9 Å². The average Bonchev–Trinajstić information content (AvgIpc) is 2.61. The van der Waals surface area contributed by atoms with E-state index in [0.717, 1.165) is 22.3 Å². The van der Waals surface area contributed by atoms with Crippen LogP contribution in [-0.2, 0) is 11.8 Å². The summed E-state index contributed by atoms with van der Waals surface area (Å²) in [5.74, 6) is -0.291. The first kappa shape index (κ1) is 11.6. The summed E-state index contributed by atoms with van der Waals surface area (Å²) in [6.45, 7) is 5.95. The third-order valence-electron chi connectivity index (χ3n) is 2.93. The van der Waals surface area contributed by atoms with E-state index in [9.17, 15) is 4.79 Å². The predicted octanol–water partition coefficient (Wildman–Crippen LogP) is 2.37. The highest BCUT2D eigenvalue weighted by Gasteiger charge is 2.18. The predicted molar refractivity (Wildman–Crippen MR) is 66.1 cm³/mol. The molecule has 0 atom stereocenters. The summed E-state index contributed by atoms with van der Waals surface area (Å²) < 4.78 is 7.01. The molecule has 90 valence electrons. The molecule has 0 aliphatic carbocycles. The Kier molecular flexibility index (Phi) is 2.88. The Morgan fingerprint density at radius 3 is 2.82 bits per heavy atom. The number of carbonyl (C=O) groups excluding carboxylic acids is 1. The Morgan fingerprint density at radius 1 is 1.47 bits per heavy atom. The summed E-state index contributed by atoms with van der Waals surface area (Å²) in [6, 6.07) is 1.97. The maximum absolute atomic E-state index is 11.9. The third-order valence-corrected chi connectivity index (χ3v) is 2.93. The second kappa shape index (κ2) is 4.20. The highest BCUT2D eigenvalue weighted by atomic mass is 16.5. The van der Waals surface area contributed by atoms with Gasteiger partial charge in [-0.25, -0.2) is 9.78 Å². The van der Waals surface area contributed by atoms with Crippen LogP contribution in [0.1, 0.15) is 28.5 Å². The van der Waals surface area contributed by atoms with E-state index in [-0.39, 0.29) is 5.97 Å². The molecule has 0 saturated carbocycles. The third kappa shape index (κ3) is 1.79. The van der Waals surface area contributed by atoms with Crippen molar-refractivity contribution in [3.63, 3.8) is 0 Å². The number of aromatic nitrogens is 2. The number of ether oxygens (including phenoxy) is 1. The van der Waals surface area contributed by atoms with Crippen molar-refractivity contribution in [1.29, 1.82) is 0 Å². The van der Waals surface area contributed by atoms with Crippen molar-refractivity contribution < 1.29 is 9.53 Å². The van der Waals surface area contributed by atoms with Crippen LogP contribution in [0, 0.1) is 13.8 Å². The molecule has 2 aromatic rings. The number of fused-ring (bicyclic) bond motifs is 1. The minimum absolute atomic E-state index is 0.291. The largest absolute Gasteiger partial charge is 0.462 e. The summed E-state index contributed by atoms with van der Waals surface area (Å²) in [4.78, 5) is 16.3. The molecule has 0 bridgehead atoms. The van der Waals surface area contributed by atoms with Crippen molar-refractivity contribution in [2.24, 2.45) is 7.05 Å². The Bertz CT molecular complexity index is 585. The molecular formula is C13H16N2O2. The van der Waals surface area contributed by atoms with E-state index in [4.69, 9.17) is 4.74 Å². The fraction of sp³-hybridized carbons (Fsp3) is 0.385. The van der Waals surface area contributed by atoms with Gasteiger partial charge in [-0.1, -0.05) is 0 Å². The zero-order chi connectivity index (χ0) is 12.6. The first-order valence-electron chi connectivity index (χ1n) is 5.65. The van der Waals surface area contributed by atoms with Crippen LogP contribution < -0.4 is 0 Å². The van der Waals surface area contributed by atoms with E-state index < -0.39 is 0 Å². The van der Waals surface area contributed by atoms with Gasteiger partial charge in [0.25, 0.3) is 0 Å². The topological polar surface area (TPSA) is 44.1 Å². The minimum Gasteiger partial charge on any atom is -0.462 e. The van der Waals surface area contributed by atoms with E-state index in [0.29, 0.717) is 12.2 Å². The van der Waals surface area contributed by atoms with Crippen LogP contribution in [0.5, 0.6) is 0 Å². The van der Waals surface area contributed by atoms with Crippen molar-refractivity contribution in [2.45, 2.75) is 20.8 Å². The highest BCUT2D eigenvalue weighted by Crippen LogP contribution is 2.23. The normalized spacial score (nSPS) is 10.8. The van der Waals surface area contributed by atoms with Gasteiger partial charge in [-0.3, -0.25) is 0 Å². The molecule has 0 aromatic carbocycles. The van der Waals surface area contributed by atoms with E-state index in [1.165, 1.54) is 0 Å². The van der Waals surface area contributed by atoms with Crippen molar-refractivity contribution >= 4 is 17.0 Å². The van der Waals surface area contributed by atoms with Crippen LogP contribution in [0.3, 0.4) is 0 Å². The van der Waals surface area contributed by atoms with E-state index in [1.54, 1.807) is 6.92 Å². The molecule has 0 radical (unpaired) electrons. The molecule has 2 aromatic heterocycles. The van der Waals surface area contributed by atoms with Crippen LogP contribution in [-0.4, -0.2) is 22.1 Å². The second-order valence-electron chi connectivity index (χ2n) is 4.08. The molecule has 0 amide bonds. The van der Waals surface area contributed by atoms with E-state index in [2.05, 4.69) is 4.98 Å². The minimum atomic E-state index is -0.291. The molecule has 0 unspecified atom stereocenters. The Labute approximate surface area is 100 Å². The summed E-state index contributed by atoms with van der Waals surface area (Å²) in [6.07, 6.45) is 1.94. The number of hydrogen-bond donors (Lipinski definition) is 0. The van der Waals surface area contributed by atoms with Gasteiger partial charge in [-0.2, -0.15) is 0 Å². The van der Waals surface area contributed by atoms with E-state index >= 15 is 0 Å². The lowest BCUT2D eigenvalue weighted by atomic mass is 10.1. The first-order chi connectivity index (χ1) is 8.06. The molecule has 4 heteroatoms. The lowest BCUT2D eigenvalue weighted by Crippen LogP contribution is -2.10. The molecule has 0 N–H and O–H groups in total. The van der Waals surface area contributed by atoms with Crippen LogP contribution in [0.4, 0.5) is 0 Å². The van der Waals surface area contributed by atoms with Crippen molar-refractivity contribution in [3.8, 4) is 0 Å². The standard InChI is InChI=1S/C13H16N2O2/c1-5-17-13(16)11-8(2)10-6-7-15(4)12(10)14-9(11)3/h6-7H,5H2,1-4H3. The zero-order valence-corrected chi connectivity index (χ0v) is 10.6. The van der Waals surface area contributed by atoms with Crippen molar-refractivity contribution in [3.05, 3.63) is 29.1 Å². The van der Waals surface area contributed by atoms with Crippen molar-refractivity contribution in [2.75, 3.05) is 6.61 Å². The average molecular weight is 232 g/mol. The number of esters is 1. The van der Waals surface area contributed by atoms with E-state index in [1.807, 2.05) is 37.7 Å². The number of hydrogen-bond acceptors (Lipinski definition) is 3. The zero-order valence-electron chi connectivity index (χ0n) is 10.6. The van der Waals surface area contributed by atoms with Crippen LogP contribution in [0.2, 0.25) is 0 Å². The van der Waals surface area contributed by atoms with Gasteiger partial charge < -0.3 is 9.30 Å². The number of rotatable bonds is 2. The SMILES string of the molecule is CCOC(=O)c1c(C)nc2c(ccn2C)c1C. The van der Waals surface area contributed by atoms with Gasteiger partial charge in [0.1, 0.15) is 5.65 Å². The van der Waals surface area contributed by atoms with Gasteiger partial charge in [0, 0.05) is 18.6 Å². The Morgan fingerprint density at radius 2 is 2.18 bits per heavy atom. The molecule has 4 nitrogen and oxygen atoms in total. The molecule has 2 heterocycles. The number of nitrogens with zero attached hydrogens (tertiary/aromatic N) is 2. The summed E-state index contributed by atoms with van der Waals surface area (Å²) in [5.41, 5.74) is 3.14. The van der Waals surface area contributed by atoms with Crippen LogP contribution in [0.15, 0.2) is 12.3 Å². The monoisotopic (exact) mass is 232 g/mol. The fourth-order valence-corrected chi connectivity index (χ4v) is 2.08. The van der Waals surface area contributed by atoms with Gasteiger partial charge in [-0.15, -0.1) is 0 Å². The first-order valence-corrected chi connectivity index (χ1v) is 5.65.